The number of pyridine rings is 1. The largest absolute Gasteiger partial charge is 0.496 e. The Morgan fingerprint density at radius 3 is 2.60 bits per heavy atom. The van der Waals surface area contributed by atoms with Gasteiger partial charge < -0.3 is 14.6 Å². The zero-order valence-electron chi connectivity index (χ0n) is 15.3. The number of benzene rings is 1. The molecule has 0 saturated heterocycles. The molecule has 0 unspecified atom stereocenters. The van der Waals surface area contributed by atoms with Crippen LogP contribution < -0.4 is 4.74 Å². The maximum atomic E-state index is 9.77. The van der Waals surface area contributed by atoms with Gasteiger partial charge >= 0.3 is 0 Å². The van der Waals surface area contributed by atoms with Crippen molar-refractivity contribution in [3.05, 3.63) is 59.4 Å². The number of rotatable bonds is 10. The van der Waals surface area contributed by atoms with E-state index in [-0.39, 0.29) is 12.6 Å². The fraction of sp³-hybridized carbons (Fsp3) is 0.450. The van der Waals surface area contributed by atoms with Crippen LogP contribution in [0.2, 0.25) is 0 Å². The highest BCUT2D eigenvalue weighted by Gasteiger charge is 2.18. The molecule has 1 atom stereocenters. The molecular weight excluding hydrogens is 316 g/mol. The van der Waals surface area contributed by atoms with Gasteiger partial charge in [0.2, 0.25) is 0 Å². The molecule has 0 bridgehead atoms. The van der Waals surface area contributed by atoms with Gasteiger partial charge in [0.25, 0.3) is 0 Å². The summed E-state index contributed by atoms with van der Waals surface area (Å²) < 4.78 is 10.7. The number of hydrogen-bond donors (Lipinski definition) is 1. The van der Waals surface area contributed by atoms with E-state index in [1.54, 1.807) is 20.4 Å². The minimum atomic E-state index is 0.0926. The molecule has 1 aromatic heterocycles. The summed E-state index contributed by atoms with van der Waals surface area (Å²) in [5, 5.41) is 9.77. The van der Waals surface area contributed by atoms with Crippen LogP contribution in [0.1, 0.15) is 30.2 Å². The Bertz CT molecular complexity index is 630. The normalized spacial score (nSPS) is 12.4. The van der Waals surface area contributed by atoms with E-state index < -0.39 is 0 Å². The van der Waals surface area contributed by atoms with E-state index in [2.05, 4.69) is 28.9 Å². The average Bonchev–Trinajstić information content (AvgIpc) is 2.64. The Hall–Kier alpha value is -1.95. The Morgan fingerprint density at radius 1 is 1.16 bits per heavy atom. The van der Waals surface area contributed by atoms with Crippen molar-refractivity contribution in [2.45, 2.75) is 39.1 Å². The molecule has 0 fully saturated rings. The van der Waals surface area contributed by atoms with E-state index in [0.717, 1.165) is 35.5 Å². The highest BCUT2D eigenvalue weighted by Crippen LogP contribution is 2.23. The molecule has 25 heavy (non-hydrogen) atoms. The first-order chi connectivity index (χ1) is 12.2. The number of aliphatic hydroxyl groups is 1. The van der Waals surface area contributed by atoms with Crippen LogP contribution in [0.5, 0.6) is 5.75 Å². The van der Waals surface area contributed by atoms with E-state index in [1.807, 2.05) is 24.3 Å². The molecule has 1 heterocycles. The molecular formula is C20H28N2O3. The van der Waals surface area contributed by atoms with E-state index in [1.165, 1.54) is 0 Å². The average molecular weight is 344 g/mol. The maximum Gasteiger partial charge on any atom is 0.124 e. The quantitative estimate of drug-likeness (QED) is 0.718. The highest BCUT2D eigenvalue weighted by atomic mass is 16.5. The Labute approximate surface area is 150 Å². The van der Waals surface area contributed by atoms with Gasteiger partial charge in [-0.05, 0) is 36.2 Å². The molecule has 0 aliphatic carbocycles. The summed E-state index contributed by atoms with van der Waals surface area (Å²) in [5.41, 5.74) is 3.19. The molecule has 0 amide bonds. The Balaban J connectivity index is 2.22. The van der Waals surface area contributed by atoms with E-state index in [0.29, 0.717) is 13.2 Å². The first-order valence-electron chi connectivity index (χ1n) is 8.61. The lowest BCUT2D eigenvalue weighted by molar-refractivity contribution is 0.105. The summed E-state index contributed by atoms with van der Waals surface area (Å²) in [7, 11) is 3.35. The van der Waals surface area contributed by atoms with Gasteiger partial charge in [-0.3, -0.25) is 9.88 Å². The van der Waals surface area contributed by atoms with Crippen LogP contribution in [0, 0.1) is 0 Å². The summed E-state index contributed by atoms with van der Waals surface area (Å²) in [4.78, 5) is 6.69. The van der Waals surface area contributed by atoms with Crippen molar-refractivity contribution in [1.29, 1.82) is 0 Å². The molecule has 2 rings (SSSR count). The van der Waals surface area contributed by atoms with Gasteiger partial charge in [-0.1, -0.05) is 19.1 Å². The second kappa shape index (κ2) is 10.1. The Kier molecular flexibility index (Phi) is 7.85. The van der Waals surface area contributed by atoms with Gasteiger partial charge in [0.1, 0.15) is 5.75 Å². The summed E-state index contributed by atoms with van der Waals surface area (Å²) in [6.45, 7) is 4.16. The van der Waals surface area contributed by atoms with Gasteiger partial charge in [-0.25, -0.2) is 0 Å². The molecule has 0 radical (unpaired) electrons. The third-order valence-electron chi connectivity index (χ3n) is 4.32. The number of hydrogen-bond acceptors (Lipinski definition) is 5. The lowest BCUT2D eigenvalue weighted by Gasteiger charge is -2.30. The molecule has 5 nitrogen and oxygen atoms in total. The van der Waals surface area contributed by atoms with Gasteiger partial charge in [0.05, 0.1) is 26.0 Å². The van der Waals surface area contributed by atoms with Crippen LogP contribution in [0.15, 0.2) is 42.6 Å². The highest BCUT2D eigenvalue weighted by molar-refractivity contribution is 5.37. The molecule has 136 valence electrons. The fourth-order valence-corrected chi connectivity index (χ4v) is 2.95. The number of ether oxygens (including phenoxy) is 2. The van der Waals surface area contributed by atoms with Crippen molar-refractivity contribution < 1.29 is 14.6 Å². The fourth-order valence-electron chi connectivity index (χ4n) is 2.95. The first-order valence-corrected chi connectivity index (χ1v) is 8.61. The molecule has 0 spiro atoms. The van der Waals surface area contributed by atoms with Crippen LogP contribution >= 0.6 is 0 Å². The zero-order chi connectivity index (χ0) is 18.1. The predicted octanol–water partition coefficient (Wildman–Crippen LogP) is 3.01. The number of aliphatic hydroxyl groups excluding tert-OH is 1. The van der Waals surface area contributed by atoms with Gasteiger partial charge in [-0.2, -0.15) is 0 Å². The Morgan fingerprint density at radius 2 is 2.00 bits per heavy atom. The number of methoxy groups -OCH3 is 2. The van der Waals surface area contributed by atoms with Crippen LogP contribution in [0.3, 0.4) is 0 Å². The van der Waals surface area contributed by atoms with Gasteiger partial charge in [0.15, 0.2) is 0 Å². The minimum absolute atomic E-state index is 0.0926. The summed E-state index contributed by atoms with van der Waals surface area (Å²) in [6, 6.07) is 12.2. The molecule has 0 aliphatic heterocycles. The first kappa shape index (κ1) is 19.4. The molecule has 0 aliphatic rings. The van der Waals surface area contributed by atoms with Gasteiger partial charge in [-0.15, -0.1) is 0 Å². The van der Waals surface area contributed by atoms with Crippen molar-refractivity contribution in [2.24, 2.45) is 0 Å². The van der Waals surface area contributed by atoms with Crippen molar-refractivity contribution in [3.63, 3.8) is 0 Å². The van der Waals surface area contributed by atoms with Crippen molar-refractivity contribution in [2.75, 3.05) is 20.8 Å². The predicted molar refractivity (Wildman–Crippen MR) is 98.4 cm³/mol. The third-order valence-corrected chi connectivity index (χ3v) is 4.32. The molecule has 2 aromatic rings. The zero-order valence-corrected chi connectivity index (χ0v) is 15.3. The van der Waals surface area contributed by atoms with E-state index in [9.17, 15) is 5.11 Å². The summed E-state index contributed by atoms with van der Waals surface area (Å²) in [6.07, 6.45) is 2.68. The SMILES string of the molecule is CC[C@@H](CO)N(Cc1ccc(OC)c(COC)c1)Cc1ccccn1. The van der Waals surface area contributed by atoms with E-state index >= 15 is 0 Å². The van der Waals surface area contributed by atoms with Crippen molar-refractivity contribution in [3.8, 4) is 5.75 Å². The molecule has 1 aromatic carbocycles. The standard InChI is InChI=1S/C20H28N2O3/c1-4-19(14-23)22(13-18-7-5-6-10-21-18)12-16-8-9-20(25-3)17(11-16)15-24-2/h5-11,19,23H,4,12-15H2,1-3H3/t19-/m0/s1. The second-order valence-electron chi connectivity index (χ2n) is 6.05. The smallest absolute Gasteiger partial charge is 0.124 e. The van der Waals surface area contributed by atoms with Crippen LogP contribution in [-0.2, 0) is 24.4 Å². The monoisotopic (exact) mass is 344 g/mol. The van der Waals surface area contributed by atoms with Crippen molar-refractivity contribution >= 4 is 0 Å². The van der Waals surface area contributed by atoms with Crippen LogP contribution in [0.25, 0.3) is 0 Å². The van der Waals surface area contributed by atoms with Crippen LogP contribution in [-0.4, -0.2) is 41.9 Å². The second-order valence-corrected chi connectivity index (χ2v) is 6.05. The van der Waals surface area contributed by atoms with Gasteiger partial charge in [0, 0.05) is 38.0 Å². The third kappa shape index (κ3) is 5.53. The van der Waals surface area contributed by atoms with Crippen molar-refractivity contribution in [1.82, 2.24) is 9.88 Å². The molecule has 0 saturated carbocycles. The minimum Gasteiger partial charge on any atom is -0.496 e. The topological polar surface area (TPSA) is 54.8 Å². The van der Waals surface area contributed by atoms with Crippen LogP contribution in [0.4, 0.5) is 0 Å². The lowest BCUT2D eigenvalue weighted by atomic mass is 10.1. The lowest BCUT2D eigenvalue weighted by Crippen LogP contribution is -2.36. The molecule has 5 heteroatoms. The van der Waals surface area contributed by atoms with E-state index in [4.69, 9.17) is 9.47 Å². The maximum absolute atomic E-state index is 9.77. The summed E-state index contributed by atoms with van der Waals surface area (Å²) >= 11 is 0. The summed E-state index contributed by atoms with van der Waals surface area (Å²) in [5.74, 6) is 0.830. The number of nitrogens with zero attached hydrogens (tertiary/aromatic N) is 2. The molecule has 1 N–H and O–H groups in total. The number of aromatic nitrogens is 1.